The normalized spacial score (nSPS) is 11.1. The Kier molecular flexibility index (Phi) is 12.3. The average Bonchev–Trinajstić information content (AvgIpc) is 2.85. The molecule has 0 aliphatic carbocycles. The zero-order chi connectivity index (χ0) is 14.6. The van der Waals surface area contributed by atoms with Crippen LogP contribution < -0.4 is 10.6 Å². The molecule has 0 atom stereocenters. The van der Waals surface area contributed by atoms with Gasteiger partial charge in [0.25, 0.3) is 0 Å². The number of aliphatic imine (C=N–C) groups is 1. The standard InChI is InChI=1S/C13H26N6O.HI/c1-4-14-13(15-8-6-5-7-9-20-3)16-10-12-17-11-18-19(12)2;/h11H,4-10H2,1-3H3,(H2,14,15,16);1H. The first-order valence-electron chi connectivity index (χ1n) is 7.12. The van der Waals surface area contributed by atoms with Crippen LogP contribution in [0.3, 0.4) is 0 Å². The van der Waals surface area contributed by atoms with E-state index in [0.29, 0.717) is 6.54 Å². The summed E-state index contributed by atoms with van der Waals surface area (Å²) >= 11 is 0. The number of aryl methyl sites for hydroxylation is 1. The molecule has 0 radical (unpaired) electrons. The van der Waals surface area contributed by atoms with Crippen LogP contribution in [0.2, 0.25) is 0 Å². The third-order valence-corrected chi connectivity index (χ3v) is 2.85. The van der Waals surface area contributed by atoms with Crippen LogP contribution in [0, 0.1) is 0 Å². The van der Waals surface area contributed by atoms with Crippen molar-refractivity contribution in [2.45, 2.75) is 32.7 Å². The Labute approximate surface area is 144 Å². The summed E-state index contributed by atoms with van der Waals surface area (Å²) in [5.74, 6) is 1.67. The van der Waals surface area contributed by atoms with E-state index in [4.69, 9.17) is 4.74 Å². The van der Waals surface area contributed by atoms with E-state index >= 15 is 0 Å². The first-order chi connectivity index (χ1) is 9.77. The highest BCUT2D eigenvalue weighted by Crippen LogP contribution is 1.95. The van der Waals surface area contributed by atoms with Gasteiger partial charge in [-0.2, -0.15) is 5.10 Å². The SMILES string of the molecule is CCNC(=NCc1ncnn1C)NCCCCCOC.I. The van der Waals surface area contributed by atoms with Gasteiger partial charge in [-0.25, -0.2) is 9.98 Å². The van der Waals surface area contributed by atoms with E-state index in [0.717, 1.165) is 50.7 Å². The lowest BCUT2D eigenvalue weighted by Gasteiger charge is -2.11. The Hall–Kier alpha value is -0.900. The number of halogens is 1. The molecular formula is C13H27IN6O. The van der Waals surface area contributed by atoms with Crippen LogP contribution in [0.1, 0.15) is 32.0 Å². The highest BCUT2D eigenvalue weighted by atomic mass is 127. The third kappa shape index (κ3) is 8.86. The van der Waals surface area contributed by atoms with Crippen LogP contribution in [0.25, 0.3) is 0 Å². The van der Waals surface area contributed by atoms with Gasteiger partial charge in [0, 0.05) is 33.9 Å². The van der Waals surface area contributed by atoms with Crippen LogP contribution in [-0.2, 0) is 18.3 Å². The van der Waals surface area contributed by atoms with Crippen molar-refractivity contribution in [2.24, 2.45) is 12.0 Å². The first kappa shape index (κ1) is 20.1. The van der Waals surface area contributed by atoms with Crippen molar-refractivity contribution in [1.82, 2.24) is 25.4 Å². The minimum atomic E-state index is 0. The summed E-state index contributed by atoms with van der Waals surface area (Å²) < 4.78 is 6.76. The smallest absolute Gasteiger partial charge is 0.191 e. The Morgan fingerprint density at radius 3 is 2.76 bits per heavy atom. The molecule has 21 heavy (non-hydrogen) atoms. The molecule has 0 aromatic carbocycles. The lowest BCUT2D eigenvalue weighted by molar-refractivity contribution is 0.192. The number of guanidine groups is 1. The fourth-order valence-electron chi connectivity index (χ4n) is 1.71. The van der Waals surface area contributed by atoms with Gasteiger partial charge in [0.2, 0.25) is 0 Å². The molecule has 8 heteroatoms. The predicted octanol–water partition coefficient (Wildman–Crippen LogP) is 1.30. The fraction of sp³-hybridized carbons (Fsp3) is 0.769. The molecule has 0 fully saturated rings. The second-order valence-electron chi connectivity index (χ2n) is 4.48. The summed E-state index contributed by atoms with van der Waals surface area (Å²) in [4.78, 5) is 8.65. The van der Waals surface area contributed by atoms with E-state index in [1.807, 2.05) is 7.05 Å². The minimum Gasteiger partial charge on any atom is -0.385 e. The van der Waals surface area contributed by atoms with Crippen molar-refractivity contribution in [3.63, 3.8) is 0 Å². The van der Waals surface area contributed by atoms with Gasteiger partial charge in [0.15, 0.2) is 5.96 Å². The van der Waals surface area contributed by atoms with Crippen molar-refractivity contribution in [3.05, 3.63) is 12.2 Å². The molecule has 2 N–H and O–H groups in total. The summed E-state index contributed by atoms with van der Waals surface area (Å²) in [5, 5.41) is 10.6. The van der Waals surface area contributed by atoms with Gasteiger partial charge in [0.1, 0.15) is 18.7 Å². The van der Waals surface area contributed by atoms with Gasteiger partial charge in [-0.3, -0.25) is 4.68 Å². The quantitative estimate of drug-likeness (QED) is 0.278. The summed E-state index contributed by atoms with van der Waals surface area (Å²) in [6.45, 7) is 5.16. The minimum absolute atomic E-state index is 0. The average molecular weight is 410 g/mol. The van der Waals surface area contributed by atoms with Gasteiger partial charge >= 0.3 is 0 Å². The Balaban J connectivity index is 0.00000400. The first-order valence-corrected chi connectivity index (χ1v) is 7.12. The number of ether oxygens (including phenoxy) is 1. The molecule has 0 saturated carbocycles. The molecular weight excluding hydrogens is 383 g/mol. The molecule has 1 heterocycles. The molecule has 0 amide bonds. The van der Waals surface area contributed by atoms with Gasteiger partial charge in [-0.05, 0) is 26.2 Å². The van der Waals surface area contributed by atoms with E-state index < -0.39 is 0 Å². The van der Waals surface area contributed by atoms with E-state index in [9.17, 15) is 0 Å². The number of hydrogen-bond donors (Lipinski definition) is 2. The van der Waals surface area contributed by atoms with Crippen molar-refractivity contribution < 1.29 is 4.74 Å². The van der Waals surface area contributed by atoms with Crippen molar-refractivity contribution in [1.29, 1.82) is 0 Å². The Morgan fingerprint density at radius 1 is 1.33 bits per heavy atom. The molecule has 0 saturated heterocycles. The van der Waals surface area contributed by atoms with E-state index in [1.165, 1.54) is 0 Å². The lowest BCUT2D eigenvalue weighted by atomic mass is 10.2. The monoisotopic (exact) mass is 410 g/mol. The van der Waals surface area contributed by atoms with Crippen LogP contribution in [0.4, 0.5) is 0 Å². The number of methoxy groups -OCH3 is 1. The molecule has 1 aromatic rings. The second kappa shape index (κ2) is 12.8. The summed E-state index contributed by atoms with van der Waals surface area (Å²) in [6.07, 6.45) is 4.91. The Morgan fingerprint density at radius 2 is 2.14 bits per heavy atom. The van der Waals surface area contributed by atoms with E-state index in [2.05, 4.69) is 32.6 Å². The van der Waals surface area contributed by atoms with Crippen LogP contribution in [-0.4, -0.2) is 47.5 Å². The van der Waals surface area contributed by atoms with Crippen molar-refractivity contribution in [2.75, 3.05) is 26.8 Å². The molecule has 0 bridgehead atoms. The lowest BCUT2D eigenvalue weighted by Crippen LogP contribution is -2.37. The third-order valence-electron chi connectivity index (χ3n) is 2.85. The fourth-order valence-corrected chi connectivity index (χ4v) is 1.71. The largest absolute Gasteiger partial charge is 0.385 e. The van der Waals surface area contributed by atoms with Crippen LogP contribution >= 0.6 is 24.0 Å². The number of nitrogens with zero attached hydrogens (tertiary/aromatic N) is 4. The predicted molar refractivity (Wildman–Crippen MR) is 95.0 cm³/mol. The van der Waals surface area contributed by atoms with Gasteiger partial charge < -0.3 is 15.4 Å². The summed E-state index contributed by atoms with van der Waals surface area (Å²) in [5.41, 5.74) is 0. The van der Waals surface area contributed by atoms with Gasteiger partial charge in [0.05, 0.1) is 0 Å². The zero-order valence-corrected chi connectivity index (χ0v) is 15.5. The molecule has 1 aromatic heterocycles. The molecule has 1 rings (SSSR count). The number of rotatable bonds is 9. The van der Waals surface area contributed by atoms with Gasteiger partial charge in [-0.15, -0.1) is 24.0 Å². The Bertz CT molecular complexity index is 396. The maximum absolute atomic E-state index is 5.03. The van der Waals surface area contributed by atoms with E-state index in [1.54, 1.807) is 18.1 Å². The maximum atomic E-state index is 5.03. The van der Waals surface area contributed by atoms with Crippen molar-refractivity contribution in [3.8, 4) is 0 Å². The number of unbranched alkanes of at least 4 members (excludes halogenated alkanes) is 2. The molecule has 7 nitrogen and oxygen atoms in total. The maximum Gasteiger partial charge on any atom is 0.191 e. The molecule has 0 aliphatic rings. The molecule has 0 aliphatic heterocycles. The topological polar surface area (TPSA) is 76.4 Å². The molecule has 122 valence electrons. The highest BCUT2D eigenvalue weighted by Gasteiger charge is 2.01. The summed E-state index contributed by atoms with van der Waals surface area (Å²) in [6, 6.07) is 0. The number of hydrogen-bond acceptors (Lipinski definition) is 4. The number of aromatic nitrogens is 3. The highest BCUT2D eigenvalue weighted by molar-refractivity contribution is 14.0. The number of nitrogens with one attached hydrogen (secondary N) is 2. The second-order valence-corrected chi connectivity index (χ2v) is 4.48. The van der Waals surface area contributed by atoms with Gasteiger partial charge in [-0.1, -0.05) is 0 Å². The summed E-state index contributed by atoms with van der Waals surface area (Å²) in [7, 11) is 3.61. The van der Waals surface area contributed by atoms with E-state index in [-0.39, 0.29) is 24.0 Å². The van der Waals surface area contributed by atoms with Crippen LogP contribution in [0.15, 0.2) is 11.3 Å². The van der Waals surface area contributed by atoms with Crippen molar-refractivity contribution >= 4 is 29.9 Å². The molecule has 0 spiro atoms. The molecule has 0 unspecified atom stereocenters. The van der Waals surface area contributed by atoms with Crippen LogP contribution in [0.5, 0.6) is 0 Å². The zero-order valence-electron chi connectivity index (χ0n) is 13.1.